The van der Waals surface area contributed by atoms with E-state index in [2.05, 4.69) is 10.4 Å². The van der Waals surface area contributed by atoms with Crippen molar-refractivity contribution >= 4 is 11.6 Å². The molecule has 27 heavy (non-hydrogen) atoms. The molecular formula is C22H20N4O. The number of nitrogens with zero attached hydrogens (tertiary/aromatic N) is 3. The van der Waals surface area contributed by atoms with Crippen LogP contribution in [0.1, 0.15) is 21.5 Å². The molecule has 0 fully saturated rings. The predicted octanol–water partition coefficient (Wildman–Crippen LogP) is 4.53. The lowest BCUT2D eigenvalue weighted by atomic mass is 10.1. The third-order valence-corrected chi connectivity index (χ3v) is 4.48. The smallest absolute Gasteiger partial charge is 0.261 e. The molecule has 2 aromatic heterocycles. The zero-order chi connectivity index (χ0) is 18.8. The summed E-state index contributed by atoms with van der Waals surface area (Å²) in [5.41, 5.74) is 4.34. The van der Waals surface area contributed by atoms with E-state index in [9.17, 15) is 4.79 Å². The normalized spacial score (nSPS) is 10.7. The predicted molar refractivity (Wildman–Crippen MR) is 107 cm³/mol. The first-order valence-electron chi connectivity index (χ1n) is 8.79. The quantitative estimate of drug-likeness (QED) is 0.584. The molecule has 0 aliphatic rings. The van der Waals surface area contributed by atoms with Crippen LogP contribution in [0.4, 0.5) is 5.69 Å². The van der Waals surface area contributed by atoms with E-state index < -0.39 is 0 Å². The van der Waals surface area contributed by atoms with Crippen molar-refractivity contribution in [2.75, 3.05) is 5.32 Å². The summed E-state index contributed by atoms with van der Waals surface area (Å²) >= 11 is 0. The highest BCUT2D eigenvalue weighted by molar-refractivity contribution is 6.06. The minimum atomic E-state index is -0.186. The fraction of sp³-hybridized carbons (Fsp3) is 0.0909. The molecule has 5 nitrogen and oxygen atoms in total. The van der Waals surface area contributed by atoms with Crippen molar-refractivity contribution in [1.29, 1.82) is 0 Å². The maximum absolute atomic E-state index is 13.1. The molecule has 0 unspecified atom stereocenters. The zero-order valence-corrected chi connectivity index (χ0v) is 15.3. The van der Waals surface area contributed by atoms with Gasteiger partial charge in [0.25, 0.3) is 5.91 Å². The second-order valence-electron chi connectivity index (χ2n) is 6.49. The van der Waals surface area contributed by atoms with Crippen LogP contribution < -0.4 is 5.32 Å². The molecule has 5 heteroatoms. The Kier molecular flexibility index (Phi) is 4.34. The van der Waals surface area contributed by atoms with Gasteiger partial charge in [-0.25, -0.2) is 4.68 Å². The molecule has 4 aromatic rings. The summed E-state index contributed by atoms with van der Waals surface area (Å²) in [7, 11) is 0. The van der Waals surface area contributed by atoms with E-state index in [0.29, 0.717) is 11.4 Å². The lowest BCUT2D eigenvalue weighted by Crippen LogP contribution is -2.16. The molecule has 1 amide bonds. The number of hydrogen-bond donors (Lipinski definition) is 1. The third-order valence-electron chi connectivity index (χ3n) is 4.48. The van der Waals surface area contributed by atoms with Crippen molar-refractivity contribution < 1.29 is 4.79 Å². The zero-order valence-electron chi connectivity index (χ0n) is 15.3. The molecule has 2 aromatic carbocycles. The van der Waals surface area contributed by atoms with Gasteiger partial charge in [0, 0.05) is 18.1 Å². The van der Waals surface area contributed by atoms with Gasteiger partial charge in [0.2, 0.25) is 0 Å². The average Bonchev–Trinajstić information content (AvgIpc) is 3.34. The van der Waals surface area contributed by atoms with Gasteiger partial charge in [-0.15, -0.1) is 0 Å². The highest BCUT2D eigenvalue weighted by Crippen LogP contribution is 2.22. The Bertz CT molecular complexity index is 1080. The van der Waals surface area contributed by atoms with Crippen LogP contribution in [0, 0.1) is 13.8 Å². The molecule has 0 spiro atoms. The molecule has 0 aliphatic carbocycles. The van der Waals surface area contributed by atoms with Gasteiger partial charge in [-0.05, 0) is 55.3 Å². The van der Waals surface area contributed by atoms with Crippen molar-refractivity contribution in [1.82, 2.24) is 14.3 Å². The summed E-state index contributed by atoms with van der Waals surface area (Å²) < 4.78 is 3.68. The van der Waals surface area contributed by atoms with Crippen LogP contribution in [0.2, 0.25) is 0 Å². The first-order valence-corrected chi connectivity index (χ1v) is 8.79. The maximum Gasteiger partial charge on any atom is 0.261 e. The minimum Gasteiger partial charge on any atom is -0.322 e. The van der Waals surface area contributed by atoms with Crippen LogP contribution >= 0.6 is 0 Å². The Morgan fingerprint density at radius 1 is 0.963 bits per heavy atom. The van der Waals surface area contributed by atoms with Gasteiger partial charge in [0.1, 0.15) is 5.56 Å². The summed E-state index contributed by atoms with van der Waals surface area (Å²) in [6, 6.07) is 19.6. The highest BCUT2D eigenvalue weighted by Gasteiger charge is 2.20. The molecule has 0 saturated heterocycles. The van der Waals surface area contributed by atoms with Crippen molar-refractivity contribution in [3.63, 3.8) is 0 Å². The van der Waals surface area contributed by atoms with Crippen LogP contribution in [0.3, 0.4) is 0 Å². The number of carbonyl (C=O) groups is 1. The lowest BCUT2D eigenvalue weighted by molar-refractivity contribution is 0.102. The number of amides is 1. The first kappa shape index (κ1) is 16.8. The fourth-order valence-corrected chi connectivity index (χ4v) is 3.04. The minimum absolute atomic E-state index is 0.186. The molecule has 0 aliphatic heterocycles. The molecule has 2 heterocycles. The summed E-state index contributed by atoms with van der Waals surface area (Å²) in [5.74, 6) is 0.517. The van der Waals surface area contributed by atoms with Gasteiger partial charge in [-0.1, -0.05) is 30.3 Å². The van der Waals surface area contributed by atoms with Gasteiger partial charge in [0.15, 0.2) is 5.82 Å². The Morgan fingerprint density at radius 2 is 1.70 bits per heavy atom. The molecule has 0 saturated carbocycles. The Hall–Kier alpha value is -3.60. The van der Waals surface area contributed by atoms with E-state index in [1.54, 1.807) is 10.9 Å². The van der Waals surface area contributed by atoms with Gasteiger partial charge >= 0.3 is 0 Å². The van der Waals surface area contributed by atoms with E-state index >= 15 is 0 Å². The Morgan fingerprint density at radius 3 is 2.44 bits per heavy atom. The number of aromatic nitrogens is 3. The maximum atomic E-state index is 13.1. The SMILES string of the molecule is Cc1ccc(C)c(NC(=O)c2cnn(-c3ccccc3)c2-n2cccc2)c1. The third kappa shape index (κ3) is 3.27. The molecule has 4 rings (SSSR count). The monoisotopic (exact) mass is 356 g/mol. The van der Waals surface area contributed by atoms with E-state index in [4.69, 9.17) is 0 Å². The van der Waals surface area contributed by atoms with E-state index in [1.807, 2.05) is 91.5 Å². The number of anilines is 1. The van der Waals surface area contributed by atoms with Gasteiger partial charge in [0.05, 0.1) is 11.9 Å². The number of aryl methyl sites for hydroxylation is 2. The van der Waals surface area contributed by atoms with E-state index in [0.717, 1.165) is 22.5 Å². The van der Waals surface area contributed by atoms with Crippen LogP contribution in [-0.4, -0.2) is 20.3 Å². The summed E-state index contributed by atoms with van der Waals surface area (Å²) in [6.45, 7) is 3.99. The molecule has 0 bridgehead atoms. The summed E-state index contributed by atoms with van der Waals surface area (Å²) in [4.78, 5) is 13.1. The first-order chi connectivity index (χ1) is 13.1. The van der Waals surface area contributed by atoms with Crippen molar-refractivity contribution in [2.24, 2.45) is 0 Å². The van der Waals surface area contributed by atoms with E-state index in [1.165, 1.54) is 0 Å². The number of hydrogen-bond acceptors (Lipinski definition) is 2. The van der Waals surface area contributed by atoms with Crippen LogP contribution in [-0.2, 0) is 0 Å². The van der Waals surface area contributed by atoms with Gasteiger partial charge < -0.3 is 9.88 Å². The number of para-hydroxylation sites is 1. The van der Waals surface area contributed by atoms with E-state index in [-0.39, 0.29) is 5.91 Å². The van der Waals surface area contributed by atoms with Crippen LogP contribution in [0.15, 0.2) is 79.3 Å². The fourth-order valence-electron chi connectivity index (χ4n) is 3.04. The number of nitrogens with one attached hydrogen (secondary N) is 1. The molecule has 0 radical (unpaired) electrons. The summed E-state index contributed by atoms with van der Waals surface area (Å²) in [6.07, 6.45) is 5.43. The highest BCUT2D eigenvalue weighted by atomic mass is 16.1. The largest absolute Gasteiger partial charge is 0.322 e. The second-order valence-corrected chi connectivity index (χ2v) is 6.49. The molecule has 134 valence electrons. The average molecular weight is 356 g/mol. The van der Waals surface area contributed by atoms with Gasteiger partial charge in [-0.2, -0.15) is 5.10 Å². The van der Waals surface area contributed by atoms with Gasteiger partial charge in [-0.3, -0.25) is 4.79 Å². The standard InChI is InChI=1S/C22H20N4O/c1-16-10-11-17(2)20(14-16)24-21(27)19-15-23-26(18-8-4-3-5-9-18)22(19)25-12-6-7-13-25/h3-15H,1-2H3,(H,24,27). The second kappa shape index (κ2) is 6.96. The number of carbonyl (C=O) groups excluding carboxylic acids is 1. The topological polar surface area (TPSA) is 51.9 Å². The summed E-state index contributed by atoms with van der Waals surface area (Å²) in [5, 5.41) is 7.51. The number of rotatable bonds is 4. The Balaban J connectivity index is 1.78. The molecule has 1 N–H and O–H groups in total. The van der Waals surface area contributed by atoms with Crippen molar-refractivity contribution in [2.45, 2.75) is 13.8 Å². The lowest BCUT2D eigenvalue weighted by Gasteiger charge is -2.12. The van der Waals surface area contributed by atoms with Crippen LogP contribution in [0.5, 0.6) is 0 Å². The molecular weight excluding hydrogens is 336 g/mol. The number of benzene rings is 2. The van der Waals surface area contributed by atoms with Crippen molar-refractivity contribution in [3.05, 3.63) is 95.9 Å². The Labute approximate surface area is 157 Å². The van der Waals surface area contributed by atoms with Crippen LogP contribution in [0.25, 0.3) is 11.5 Å². The molecule has 0 atom stereocenters. The van der Waals surface area contributed by atoms with Crippen molar-refractivity contribution in [3.8, 4) is 11.5 Å².